The number of nitrogen functional groups attached to an aromatic ring is 1. The van der Waals surface area contributed by atoms with Crippen LogP contribution < -0.4 is 10.5 Å². The molecule has 2 aliphatic heterocycles. The first kappa shape index (κ1) is 15.4. The number of esters is 1. The molecule has 5 nitrogen and oxygen atoms in total. The van der Waals surface area contributed by atoms with Gasteiger partial charge in [0.05, 0.1) is 17.8 Å². The summed E-state index contributed by atoms with van der Waals surface area (Å²) in [6.45, 7) is 0. The summed E-state index contributed by atoms with van der Waals surface area (Å²) < 4.78 is 10.9. The largest absolute Gasteiger partial charge is 0.496 e. The third-order valence-corrected chi connectivity index (χ3v) is 5.19. The van der Waals surface area contributed by atoms with Crippen LogP contribution in [-0.2, 0) is 4.74 Å². The number of benzene rings is 1. The van der Waals surface area contributed by atoms with Crippen molar-refractivity contribution >= 4 is 23.3 Å². The Hall–Kier alpha value is -1.46. The van der Waals surface area contributed by atoms with Crippen molar-refractivity contribution in [3.05, 3.63) is 22.7 Å². The summed E-state index contributed by atoms with van der Waals surface area (Å²) in [7, 11) is 3.65. The minimum atomic E-state index is -0.396. The van der Waals surface area contributed by atoms with Crippen LogP contribution >= 0.6 is 11.6 Å². The molecule has 2 fully saturated rings. The summed E-state index contributed by atoms with van der Waals surface area (Å²) in [5, 5.41) is 0.330. The van der Waals surface area contributed by atoms with E-state index in [1.807, 2.05) is 0 Å². The highest BCUT2D eigenvalue weighted by Crippen LogP contribution is 2.36. The fraction of sp³-hybridized carbons (Fsp3) is 0.562. The fourth-order valence-electron chi connectivity index (χ4n) is 3.57. The van der Waals surface area contributed by atoms with Crippen LogP contribution in [-0.4, -0.2) is 43.2 Å². The second kappa shape index (κ2) is 5.97. The molecule has 0 amide bonds. The quantitative estimate of drug-likeness (QED) is 0.684. The van der Waals surface area contributed by atoms with Gasteiger partial charge in [-0.2, -0.15) is 0 Å². The molecule has 3 rings (SSSR count). The number of nitrogens with zero attached hydrogens (tertiary/aromatic N) is 1. The van der Waals surface area contributed by atoms with E-state index in [1.165, 1.54) is 26.0 Å². The molecule has 2 aliphatic rings. The van der Waals surface area contributed by atoms with E-state index in [2.05, 4.69) is 11.9 Å². The van der Waals surface area contributed by atoms with Gasteiger partial charge >= 0.3 is 5.97 Å². The number of anilines is 1. The Balaban J connectivity index is 1.74. The number of methoxy groups -OCH3 is 1. The van der Waals surface area contributed by atoms with Crippen LogP contribution in [0.1, 0.15) is 36.0 Å². The topological polar surface area (TPSA) is 64.8 Å². The number of hydrogen-bond donors (Lipinski definition) is 1. The highest BCUT2D eigenvalue weighted by atomic mass is 35.5. The minimum Gasteiger partial charge on any atom is -0.496 e. The van der Waals surface area contributed by atoms with Gasteiger partial charge in [0.2, 0.25) is 0 Å². The number of halogens is 1. The van der Waals surface area contributed by atoms with E-state index in [0.29, 0.717) is 34.1 Å². The van der Waals surface area contributed by atoms with Gasteiger partial charge in [0, 0.05) is 31.0 Å². The van der Waals surface area contributed by atoms with Crippen LogP contribution in [0.5, 0.6) is 5.75 Å². The number of carbonyl (C=O) groups is 1. The molecule has 2 bridgehead atoms. The van der Waals surface area contributed by atoms with Crippen molar-refractivity contribution in [1.29, 1.82) is 0 Å². The van der Waals surface area contributed by atoms with E-state index in [9.17, 15) is 4.79 Å². The van der Waals surface area contributed by atoms with Gasteiger partial charge in [-0.15, -0.1) is 0 Å². The molecular weight excluding hydrogens is 304 g/mol. The monoisotopic (exact) mass is 324 g/mol. The van der Waals surface area contributed by atoms with Crippen LogP contribution in [0.3, 0.4) is 0 Å². The molecular formula is C16H21ClN2O3. The van der Waals surface area contributed by atoms with Crippen molar-refractivity contribution in [2.24, 2.45) is 0 Å². The summed E-state index contributed by atoms with van der Waals surface area (Å²) in [5.74, 6) is -0.00416. The lowest BCUT2D eigenvalue weighted by atomic mass is 10.0. The van der Waals surface area contributed by atoms with E-state index in [-0.39, 0.29) is 6.10 Å². The van der Waals surface area contributed by atoms with Crippen molar-refractivity contribution in [2.45, 2.75) is 43.9 Å². The normalized spacial score (nSPS) is 27.7. The maximum absolute atomic E-state index is 12.5. The molecule has 0 radical (unpaired) electrons. The van der Waals surface area contributed by atoms with Crippen molar-refractivity contribution in [2.75, 3.05) is 19.9 Å². The molecule has 0 aliphatic carbocycles. The first-order chi connectivity index (χ1) is 10.5. The minimum absolute atomic E-state index is 0.0396. The van der Waals surface area contributed by atoms with Crippen molar-refractivity contribution in [3.8, 4) is 5.75 Å². The zero-order valence-electron chi connectivity index (χ0n) is 12.8. The Labute approximate surface area is 135 Å². The zero-order valence-corrected chi connectivity index (χ0v) is 13.6. The van der Waals surface area contributed by atoms with Crippen molar-refractivity contribution < 1.29 is 14.3 Å². The van der Waals surface area contributed by atoms with Crippen LogP contribution in [0.4, 0.5) is 5.69 Å². The molecule has 2 N–H and O–H groups in total. The third kappa shape index (κ3) is 2.75. The lowest BCUT2D eigenvalue weighted by Crippen LogP contribution is -2.43. The predicted octanol–water partition coefficient (Wildman–Crippen LogP) is 2.71. The highest BCUT2D eigenvalue weighted by Gasteiger charge is 2.40. The van der Waals surface area contributed by atoms with Gasteiger partial charge in [-0.1, -0.05) is 11.6 Å². The van der Waals surface area contributed by atoms with Gasteiger partial charge in [-0.25, -0.2) is 4.79 Å². The van der Waals surface area contributed by atoms with Gasteiger partial charge in [-0.05, 0) is 26.0 Å². The summed E-state index contributed by atoms with van der Waals surface area (Å²) in [4.78, 5) is 14.9. The summed E-state index contributed by atoms with van der Waals surface area (Å²) >= 11 is 6.01. The van der Waals surface area contributed by atoms with Gasteiger partial charge in [0.1, 0.15) is 17.4 Å². The van der Waals surface area contributed by atoms with E-state index < -0.39 is 5.97 Å². The Morgan fingerprint density at radius 1 is 1.32 bits per heavy atom. The van der Waals surface area contributed by atoms with Crippen molar-refractivity contribution in [1.82, 2.24) is 4.90 Å². The third-order valence-electron chi connectivity index (χ3n) is 4.87. The first-order valence-corrected chi connectivity index (χ1v) is 7.93. The summed E-state index contributed by atoms with van der Waals surface area (Å²) in [5.41, 5.74) is 6.45. The van der Waals surface area contributed by atoms with Crippen molar-refractivity contribution in [3.63, 3.8) is 0 Å². The van der Waals surface area contributed by atoms with Gasteiger partial charge < -0.3 is 20.1 Å². The van der Waals surface area contributed by atoms with E-state index in [0.717, 1.165) is 12.8 Å². The average molecular weight is 325 g/mol. The maximum atomic E-state index is 12.5. The predicted molar refractivity (Wildman–Crippen MR) is 85.4 cm³/mol. The van der Waals surface area contributed by atoms with E-state index in [4.69, 9.17) is 26.8 Å². The van der Waals surface area contributed by atoms with Crippen LogP contribution in [0.15, 0.2) is 12.1 Å². The first-order valence-electron chi connectivity index (χ1n) is 7.55. The molecule has 2 saturated heterocycles. The lowest BCUT2D eigenvalue weighted by Gasteiger charge is -2.35. The summed E-state index contributed by atoms with van der Waals surface area (Å²) in [6.07, 6.45) is 4.12. The van der Waals surface area contributed by atoms with E-state index in [1.54, 1.807) is 6.07 Å². The van der Waals surface area contributed by atoms with E-state index >= 15 is 0 Å². The molecule has 3 atom stereocenters. The van der Waals surface area contributed by atoms with Gasteiger partial charge in [0.15, 0.2) is 0 Å². The molecule has 120 valence electrons. The number of rotatable bonds is 3. The standard InChI is InChI=1S/C16H21ClN2O3/c1-19-9-3-4-10(19)6-11(5-9)22-16(20)12-7-13(17)14(18)8-15(12)21-2/h7-11H,3-6,18H2,1-2H3/t9-,10+,11?. The summed E-state index contributed by atoms with van der Waals surface area (Å²) in [6, 6.07) is 4.11. The number of carbonyl (C=O) groups excluding carboxylic acids is 1. The highest BCUT2D eigenvalue weighted by molar-refractivity contribution is 6.33. The molecule has 22 heavy (non-hydrogen) atoms. The van der Waals surface area contributed by atoms with Gasteiger partial charge in [0.25, 0.3) is 0 Å². The number of piperidine rings is 1. The molecule has 1 aromatic carbocycles. The Bertz CT molecular complexity index is 579. The van der Waals surface area contributed by atoms with Crippen LogP contribution in [0.25, 0.3) is 0 Å². The molecule has 1 aromatic rings. The fourth-order valence-corrected chi connectivity index (χ4v) is 3.73. The second-order valence-corrected chi connectivity index (χ2v) is 6.53. The molecule has 0 spiro atoms. The van der Waals surface area contributed by atoms with Crippen LogP contribution in [0, 0.1) is 0 Å². The SMILES string of the molecule is COc1cc(N)c(Cl)cc1C(=O)OC1C[C@H]2CC[C@@H](C1)N2C. The molecule has 0 saturated carbocycles. The van der Waals surface area contributed by atoms with Gasteiger partial charge in [-0.3, -0.25) is 0 Å². The average Bonchev–Trinajstić information content (AvgIpc) is 2.72. The van der Waals surface area contributed by atoms with Crippen LogP contribution in [0.2, 0.25) is 5.02 Å². The number of nitrogens with two attached hydrogens (primary N) is 1. The molecule has 2 heterocycles. The Kier molecular flexibility index (Phi) is 4.19. The molecule has 1 unspecified atom stereocenters. The Morgan fingerprint density at radius 2 is 1.95 bits per heavy atom. The second-order valence-electron chi connectivity index (χ2n) is 6.12. The molecule has 0 aromatic heterocycles. The smallest absolute Gasteiger partial charge is 0.342 e. The number of fused-ring (bicyclic) bond motifs is 2. The number of ether oxygens (including phenoxy) is 2. The Morgan fingerprint density at radius 3 is 2.55 bits per heavy atom. The number of hydrogen-bond acceptors (Lipinski definition) is 5. The zero-order chi connectivity index (χ0) is 15.9. The molecule has 6 heteroatoms. The maximum Gasteiger partial charge on any atom is 0.342 e. The lowest BCUT2D eigenvalue weighted by molar-refractivity contribution is -0.000681.